The van der Waals surface area contributed by atoms with E-state index in [1.807, 2.05) is 18.6 Å². The highest BCUT2D eigenvalue weighted by Crippen LogP contribution is 2.24. The monoisotopic (exact) mass is 278 g/mol. The Hall–Kier alpha value is -2.55. The second kappa shape index (κ2) is 5.83. The van der Waals surface area contributed by atoms with Crippen molar-refractivity contribution in [3.8, 4) is 5.75 Å². The normalized spacial score (nSPS) is 11.8. The van der Waals surface area contributed by atoms with E-state index in [0.717, 1.165) is 12.3 Å². The van der Waals surface area contributed by atoms with Crippen LogP contribution in [0.4, 0.5) is 0 Å². The van der Waals surface area contributed by atoms with Crippen molar-refractivity contribution in [1.82, 2.24) is 9.55 Å². The van der Waals surface area contributed by atoms with E-state index in [2.05, 4.69) is 52.9 Å². The van der Waals surface area contributed by atoms with Gasteiger partial charge in [-0.1, -0.05) is 24.3 Å². The SMILES string of the molecule is COc1ccc2cc(/C(C)=C\Cn3ccnc3)ccc2c1. The Morgan fingerprint density at radius 2 is 2.00 bits per heavy atom. The molecule has 3 heteroatoms. The number of ether oxygens (including phenoxy) is 1. The van der Waals surface area contributed by atoms with Crippen LogP contribution >= 0.6 is 0 Å². The van der Waals surface area contributed by atoms with Gasteiger partial charge in [-0.3, -0.25) is 0 Å². The molecule has 0 fully saturated rings. The van der Waals surface area contributed by atoms with Gasteiger partial charge in [-0.15, -0.1) is 0 Å². The molecule has 1 aromatic heterocycles. The van der Waals surface area contributed by atoms with E-state index in [9.17, 15) is 0 Å². The predicted molar refractivity (Wildman–Crippen MR) is 86.4 cm³/mol. The summed E-state index contributed by atoms with van der Waals surface area (Å²) in [4.78, 5) is 4.05. The highest BCUT2D eigenvalue weighted by atomic mass is 16.5. The number of benzene rings is 2. The fourth-order valence-corrected chi connectivity index (χ4v) is 2.35. The number of fused-ring (bicyclic) bond motifs is 1. The maximum atomic E-state index is 5.26. The molecule has 0 atom stereocenters. The van der Waals surface area contributed by atoms with E-state index >= 15 is 0 Å². The molecule has 0 N–H and O–H groups in total. The van der Waals surface area contributed by atoms with Gasteiger partial charge in [0, 0.05) is 18.9 Å². The van der Waals surface area contributed by atoms with Crippen molar-refractivity contribution in [3.05, 3.63) is 66.8 Å². The van der Waals surface area contributed by atoms with E-state index in [0.29, 0.717) is 0 Å². The molecule has 1 heterocycles. The molecule has 0 aliphatic carbocycles. The average molecular weight is 278 g/mol. The fourth-order valence-electron chi connectivity index (χ4n) is 2.35. The number of rotatable bonds is 4. The molecule has 0 aliphatic heterocycles. The fraction of sp³-hybridized carbons (Fsp3) is 0.167. The van der Waals surface area contributed by atoms with Gasteiger partial charge in [-0.2, -0.15) is 0 Å². The maximum absolute atomic E-state index is 5.26. The molecule has 3 aromatic rings. The summed E-state index contributed by atoms with van der Waals surface area (Å²) in [5.41, 5.74) is 2.51. The van der Waals surface area contributed by atoms with Gasteiger partial charge < -0.3 is 9.30 Å². The minimum absolute atomic E-state index is 0.840. The third kappa shape index (κ3) is 2.97. The van der Waals surface area contributed by atoms with Gasteiger partial charge >= 0.3 is 0 Å². The molecule has 0 saturated heterocycles. The van der Waals surface area contributed by atoms with Crippen molar-refractivity contribution in [2.24, 2.45) is 0 Å². The van der Waals surface area contributed by atoms with Crippen LogP contribution in [0.1, 0.15) is 12.5 Å². The Kier molecular flexibility index (Phi) is 3.73. The van der Waals surface area contributed by atoms with Crippen LogP contribution in [0.2, 0.25) is 0 Å². The van der Waals surface area contributed by atoms with Crippen molar-refractivity contribution in [2.45, 2.75) is 13.5 Å². The molecule has 3 rings (SSSR count). The van der Waals surface area contributed by atoms with Gasteiger partial charge in [0.2, 0.25) is 0 Å². The molecule has 2 aromatic carbocycles. The van der Waals surface area contributed by atoms with E-state index in [1.165, 1.54) is 21.9 Å². The molecule has 0 spiro atoms. The maximum Gasteiger partial charge on any atom is 0.119 e. The number of allylic oxidation sites excluding steroid dienone is 2. The van der Waals surface area contributed by atoms with Crippen molar-refractivity contribution < 1.29 is 4.74 Å². The number of aromatic nitrogens is 2. The van der Waals surface area contributed by atoms with Crippen LogP contribution in [-0.2, 0) is 6.54 Å². The Bertz CT molecular complexity index is 773. The summed E-state index contributed by atoms with van der Waals surface area (Å²) in [7, 11) is 1.69. The van der Waals surface area contributed by atoms with E-state index in [4.69, 9.17) is 4.74 Å². The van der Waals surface area contributed by atoms with Crippen LogP contribution in [0.3, 0.4) is 0 Å². The lowest BCUT2D eigenvalue weighted by atomic mass is 10.0. The van der Waals surface area contributed by atoms with Crippen LogP contribution in [0.15, 0.2) is 61.2 Å². The van der Waals surface area contributed by atoms with E-state index < -0.39 is 0 Å². The first-order valence-corrected chi connectivity index (χ1v) is 6.97. The highest BCUT2D eigenvalue weighted by molar-refractivity contribution is 5.87. The first-order valence-electron chi connectivity index (χ1n) is 6.97. The number of hydrogen-bond donors (Lipinski definition) is 0. The van der Waals surface area contributed by atoms with Gasteiger partial charge in [0.25, 0.3) is 0 Å². The number of hydrogen-bond acceptors (Lipinski definition) is 2. The lowest BCUT2D eigenvalue weighted by Crippen LogP contribution is -1.91. The van der Waals surface area contributed by atoms with E-state index in [-0.39, 0.29) is 0 Å². The summed E-state index contributed by atoms with van der Waals surface area (Å²) in [6, 6.07) is 12.7. The third-order valence-electron chi connectivity index (χ3n) is 3.67. The molecule has 0 bridgehead atoms. The lowest BCUT2D eigenvalue weighted by molar-refractivity contribution is 0.415. The molecular formula is C18H18N2O. The zero-order valence-corrected chi connectivity index (χ0v) is 12.3. The molecule has 0 unspecified atom stereocenters. The first kappa shape index (κ1) is 13.4. The summed E-state index contributed by atoms with van der Waals surface area (Å²) in [5.74, 6) is 0.891. The molecular weight excluding hydrogens is 260 g/mol. The standard InChI is InChI=1S/C18H18N2O/c1-14(7-9-20-10-8-19-13-20)15-3-4-17-12-18(21-2)6-5-16(17)11-15/h3-8,10-13H,9H2,1-2H3/b14-7-. The predicted octanol–water partition coefficient (Wildman–Crippen LogP) is 4.15. The van der Waals surface area contributed by atoms with Gasteiger partial charge in [0.15, 0.2) is 0 Å². The van der Waals surface area contributed by atoms with Gasteiger partial charge in [0.05, 0.1) is 13.4 Å². The Morgan fingerprint density at radius 3 is 2.76 bits per heavy atom. The number of nitrogens with zero attached hydrogens (tertiary/aromatic N) is 2. The molecule has 3 nitrogen and oxygen atoms in total. The Balaban J connectivity index is 1.88. The molecule has 0 amide bonds. The van der Waals surface area contributed by atoms with Crippen LogP contribution in [-0.4, -0.2) is 16.7 Å². The minimum Gasteiger partial charge on any atom is -0.497 e. The zero-order valence-electron chi connectivity index (χ0n) is 12.3. The van der Waals surface area contributed by atoms with Crippen molar-refractivity contribution in [1.29, 1.82) is 0 Å². The summed E-state index contributed by atoms with van der Waals surface area (Å²) in [5, 5.41) is 2.42. The second-order valence-corrected chi connectivity index (χ2v) is 5.07. The van der Waals surface area contributed by atoms with Gasteiger partial charge in [0.1, 0.15) is 5.75 Å². The van der Waals surface area contributed by atoms with Crippen molar-refractivity contribution >= 4 is 16.3 Å². The topological polar surface area (TPSA) is 27.1 Å². The van der Waals surface area contributed by atoms with Gasteiger partial charge in [-0.25, -0.2) is 4.98 Å². The molecule has 0 saturated carbocycles. The van der Waals surface area contributed by atoms with Crippen molar-refractivity contribution in [2.75, 3.05) is 7.11 Å². The number of methoxy groups -OCH3 is 1. The van der Waals surface area contributed by atoms with Crippen LogP contribution in [0.25, 0.3) is 16.3 Å². The molecule has 0 aliphatic rings. The first-order chi connectivity index (χ1) is 10.3. The molecule has 106 valence electrons. The zero-order chi connectivity index (χ0) is 14.7. The van der Waals surface area contributed by atoms with Gasteiger partial charge in [-0.05, 0) is 47.0 Å². The summed E-state index contributed by atoms with van der Waals surface area (Å²) < 4.78 is 7.31. The summed E-state index contributed by atoms with van der Waals surface area (Å²) in [6.45, 7) is 2.98. The average Bonchev–Trinajstić information content (AvgIpc) is 3.05. The molecule has 0 radical (unpaired) electrons. The molecule has 21 heavy (non-hydrogen) atoms. The second-order valence-electron chi connectivity index (χ2n) is 5.07. The lowest BCUT2D eigenvalue weighted by Gasteiger charge is -2.07. The van der Waals surface area contributed by atoms with Crippen LogP contribution in [0.5, 0.6) is 5.75 Å². The van der Waals surface area contributed by atoms with Crippen molar-refractivity contribution in [3.63, 3.8) is 0 Å². The quantitative estimate of drug-likeness (QED) is 0.717. The minimum atomic E-state index is 0.840. The third-order valence-corrected chi connectivity index (χ3v) is 3.67. The largest absolute Gasteiger partial charge is 0.497 e. The number of imidazole rings is 1. The highest BCUT2D eigenvalue weighted by Gasteiger charge is 2.00. The van der Waals surface area contributed by atoms with E-state index in [1.54, 1.807) is 13.3 Å². The summed E-state index contributed by atoms with van der Waals surface area (Å²) >= 11 is 0. The summed E-state index contributed by atoms with van der Waals surface area (Å²) in [6.07, 6.45) is 7.81. The Labute approximate surface area is 124 Å². The van der Waals surface area contributed by atoms with Crippen LogP contribution < -0.4 is 4.74 Å². The van der Waals surface area contributed by atoms with Crippen LogP contribution in [0, 0.1) is 0 Å². The smallest absolute Gasteiger partial charge is 0.119 e. The Morgan fingerprint density at radius 1 is 1.19 bits per heavy atom.